The molecule has 138 valence electrons. The zero-order chi connectivity index (χ0) is 19.3. The second-order valence-corrected chi connectivity index (χ2v) is 7.77. The van der Waals surface area contributed by atoms with Crippen LogP contribution in [0.15, 0.2) is 0 Å². The molecule has 0 aromatic carbocycles. The highest BCUT2D eigenvalue weighted by molar-refractivity contribution is 7.16. The Morgan fingerprint density at radius 3 is 1.56 bits per heavy atom. The van der Waals surface area contributed by atoms with E-state index in [1.54, 1.807) is 6.92 Å². The van der Waals surface area contributed by atoms with E-state index in [-0.39, 0.29) is 11.9 Å². The number of hydrogen-bond acceptors (Lipinski definition) is 8. The van der Waals surface area contributed by atoms with Crippen LogP contribution in [0.2, 0.25) is 0 Å². The van der Waals surface area contributed by atoms with E-state index < -0.39 is 0 Å². The van der Waals surface area contributed by atoms with Crippen molar-refractivity contribution in [3.05, 3.63) is 32.0 Å². The van der Waals surface area contributed by atoms with E-state index in [4.69, 9.17) is 16.2 Å². The Kier molecular flexibility index (Phi) is 7.44. The number of rotatable bonds is 3. The third-order valence-electron chi connectivity index (χ3n) is 3.69. The number of esters is 2. The number of carbonyl (C=O) groups excluding carboxylic acids is 2. The predicted octanol–water partition coefficient (Wildman–Crippen LogP) is 3.86. The van der Waals surface area contributed by atoms with Gasteiger partial charge in [0.15, 0.2) is 0 Å². The maximum Gasteiger partial charge on any atom is 0.341 e. The molecular weight excluding hydrogens is 360 g/mol. The average Bonchev–Trinajstić information content (AvgIpc) is 2.94. The number of aryl methyl sites for hydroxylation is 2. The van der Waals surface area contributed by atoms with Crippen LogP contribution in [0.3, 0.4) is 0 Å². The summed E-state index contributed by atoms with van der Waals surface area (Å²) in [5.74, 6) is -0.670. The van der Waals surface area contributed by atoms with Gasteiger partial charge in [0.2, 0.25) is 0 Å². The molecular formula is C17H24N2O4S2. The summed E-state index contributed by atoms with van der Waals surface area (Å²) in [6.45, 7) is 9.79. The van der Waals surface area contributed by atoms with Gasteiger partial charge in [-0.05, 0) is 45.7 Å². The largest absolute Gasteiger partial charge is 0.465 e. The van der Waals surface area contributed by atoms with Gasteiger partial charge in [-0.3, -0.25) is 0 Å². The highest BCUT2D eigenvalue weighted by Gasteiger charge is 2.18. The van der Waals surface area contributed by atoms with E-state index in [1.165, 1.54) is 29.8 Å². The molecule has 4 N–H and O–H groups in total. The van der Waals surface area contributed by atoms with Crippen LogP contribution >= 0.6 is 22.7 Å². The first-order chi connectivity index (χ1) is 11.6. The summed E-state index contributed by atoms with van der Waals surface area (Å²) in [6.07, 6.45) is 0. The molecule has 2 heterocycles. The lowest BCUT2D eigenvalue weighted by atomic mass is 10.2. The molecule has 0 unspecified atom stereocenters. The van der Waals surface area contributed by atoms with E-state index >= 15 is 0 Å². The first-order valence-corrected chi connectivity index (χ1v) is 9.25. The van der Waals surface area contributed by atoms with Crippen LogP contribution in [0.1, 0.15) is 48.5 Å². The van der Waals surface area contributed by atoms with Gasteiger partial charge in [0.1, 0.15) is 10.0 Å². The van der Waals surface area contributed by atoms with Gasteiger partial charge < -0.3 is 20.9 Å². The minimum absolute atomic E-state index is 0.318. The van der Waals surface area contributed by atoms with Crippen LogP contribution in [-0.2, 0) is 9.47 Å². The normalized spacial score (nSPS) is 10.0. The molecule has 2 rings (SSSR count). The van der Waals surface area contributed by atoms with Gasteiger partial charge in [0.25, 0.3) is 0 Å². The molecule has 2 aromatic heterocycles. The van der Waals surface area contributed by atoms with Crippen LogP contribution < -0.4 is 11.5 Å². The van der Waals surface area contributed by atoms with Gasteiger partial charge in [-0.1, -0.05) is 0 Å². The second-order valence-electron chi connectivity index (χ2n) is 5.26. The average molecular weight is 385 g/mol. The molecule has 0 aliphatic carbocycles. The Morgan fingerprint density at radius 2 is 1.28 bits per heavy atom. The first-order valence-electron chi connectivity index (χ1n) is 7.61. The minimum Gasteiger partial charge on any atom is -0.465 e. The van der Waals surface area contributed by atoms with Crippen molar-refractivity contribution >= 4 is 44.6 Å². The van der Waals surface area contributed by atoms with Crippen molar-refractivity contribution in [1.29, 1.82) is 0 Å². The Morgan fingerprint density at radius 1 is 0.880 bits per heavy atom. The van der Waals surface area contributed by atoms with Crippen LogP contribution in [0.25, 0.3) is 0 Å². The molecule has 0 fully saturated rings. The van der Waals surface area contributed by atoms with Gasteiger partial charge in [-0.2, -0.15) is 0 Å². The number of carbonyl (C=O) groups is 2. The topological polar surface area (TPSA) is 105 Å². The number of thiophene rings is 2. The van der Waals surface area contributed by atoms with Crippen LogP contribution in [0.5, 0.6) is 0 Å². The summed E-state index contributed by atoms with van der Waals surface area (Å²) >= 11 is 2.84. The number of methoxy groups -OCH3 is 1. The number of ether oxygens (including phenoxy) is 2. The molecule has 0 aliphatic heterocycles. The van der Waals surface area contributed by atoms with Crippen molar-refractivity contribution in [2.75, 3.05) is 25.2 Å². The molecule has 0 amide bonds. The van der Waals surface area contributed by atoms with Crippen LogP contribution in [0.4, 0.5) is 10.0 Å². The van der Waals surface area contributed by atoms with E-state index in [2.05, 4.69) is 4.74 Å². The SMILES string of the molecule is CCOC(=O)c1c(N)sc(C)c1C.COC(=O)c1c(N)sc(C)c1C. The lowest BCUT2D eigenvalue weighted by Gasteiger charge is -2.01. The number of hydrogen-bond donors (Lipinski definition) is 2. The summed E-state index contributed by atoms with van der Waals surface area (Å²) in [6, 6.07) is 0. The van der Waals surface area contributed by atoms with Crippen molar-refractivity contribution in [2.24, 2.45) is 0 Å². The number of nitrogen functional groups attached to an aromatic ring is 2. The quantitative estimate of drug-likeness (QED) is 0.779. The zero-order valence-corrected chi connectivity index (χ0v) is 16.9. The summed E-state index contributed by atoms with van der Waals surface area (Å²) in [5.41, 5.74) is 14.2. The fraction of sp³-hybridized carbons (Fsp3) is 0.412. The predicted molar refractivity (Wildman–Crippen MR) is 104 cm³/mol. The van der Waals surface area contributed by atoms with E-state index in [0.717, 1.165) is 20.9 Å². The molecule has 0 aliphatic rings. The minimum atomic E-state index is -0.352. The molecule has 0 saturated carbocycles. The van der Waals surface area contributed by atoms with Crippen LogP contribution in [-0.4, -0.2) is 25.7 Å². The molecule has 6 nitrogen and oxygen atoms in total. The maximum atomic E-state index is 11.4. The second kappa shape index (κ2) is 8.87. The van der Waals surface area contributed by atoms with Crippen molar-refractivity contribution in [3.8, 4) is 0 Å². The Hall–Kier alpha value is -2.06. The number of anilines is 2. The molecule has 2 aromatic rings. The van der Waals surface area contributed by atoms with Gasteiger partial charge in [-0.15, -0.1) is 22.7 Å². The third-order valence-corrected chi connectivity index (χ3v) is 5.77. The first kappa shape index (κ1) is 21.0. The smallest absolute Gasteiger partial charge is 0.341 e. The lowest BCUT2D eigenvalue weighted by molar-refractivity contribution is 0.0526. The lowest BCUT2D eigenvalue weighted by Crippen LogP contribution is -2.07. The molecule has 25 heavy (non-hydrogen) atoms. The van der Waals surface area contributed by atoms with Crippen molar-refractivity contribution in [3.63, 3.8) is 0 Å². The van der Waals surface area contributed by atoms with Crippen molar-refractivity contribution in [1.82, 2.24) is 0 Å². The molecule has 0 bridgehead atoms. The van der Waals surface area contributed by atoms with Crippen LogP contribution in [0, 0.1) is 27.7 Å². The maximum absolute atomic E-state index is 11.4. The Bertz CT molecular complexity index is 778. The summed E-state index contributed by atoms with van der Waals surface area (Å²) in [5, 5.41) is 1.09. The monoisotopic (exact) mass is 384 g/mol. The van der Waals surface area contributed by atoms with E-state index in [0.29, 0.717) is 27.7 Å². The van der Waals surface area contributed by atoms with E-state index in [1.807, 2.05) is 27.7 Å². The fourth-order valence-corrected chi connectivity index (χ4v) is 3.97. The molecule has 0 spiro atoms. The molecule has 0 atom stereocenters. The Balaban J connectivity index is 0.000000251. The Labute approximate surface area is 155 Å². The zero-order valence-electron chi connectivity index (χ0n) is 15.3. The van der Waals surface area contributed by atoms with Crippen molar-refractivity contribution in [2.45, 2.75) is 34.6 Å². The van der Waals surface area contributed by atoms with E-state index in [9.17, 15) is 9.59 Å². The van der Waals surface area contributed by atoms with Gasteiger partial charge in [-0.25, -0.2) is 9.59 Å². The molecule has 0 saturated heterocycles. The highest BCUT2D eigenvalue weighted by Crippen LogP contribution is 2.30. The van der Waals surface area contributed by atoms with Gasteiger partial charge in [0.05, 0.1) is 24.8 Å². The summed E-state index contributed by atoms with van der Waals surface area (Å²) in [7, 11) is 1.36. The summed E-state index contributed by atoms with van der Waals surface area (Å²) in [4.78, 5) is 24.7. The summed E-state index contributed by atoms with van der Waals surface area (Å²) < 4.78 is 9.49. The standard InChI is InChI=1S/C9H13NO2S.C8H11NO2S/c1-4-12-9(11)7-5(2)6(3)13-8(7)10;1-4-5(2)12-7(9)6(4)8(10)11-3/h4,10H2,1-3H3;9H2,1-3H3. The van der Waals surface area contributed by atoms with Crippen molar-refractivity contribution < 1.29 is 19.1 Å². The third kappa shape index (κ3) is 4.73. The van der Waals surface area contributed by atoms with Gasteiger partial charge >= 0.3 is 11.9 Å². The highest BCUT2D eigenvalue weighted by atomic mass is 32.1. The molecule has 0 radical (unpaired) electrons. The molecule has 8 heteroatoms. The fourth-order valence-electron chi connectivity index (χ4n) is 2.12. The van der Waals surface area contributed by atoms with Gasteiger partial charge in [0, 0.05) is 9.75 Å². The number of nitrogens with two attached hydrogens (primary N) is 2.